The van der Waals surface area contributed by atoms with E-state index in [1.165, 1.54) is 16.9 Å². The number of amides is 1. The minimum absolute atomic E-state index is 0.119. The van der Waals surface area contributed by atoms with Crippen molar-refractivity contribution in [1.82, 2.24) is 10.3 Å². The lowest BCUT2D eigenvalue weighted by atomic mass is 10.0. The van der Waals surface area contributed by atoms with Crippen molar-refractivity contribution in [2.45, 2.75) is 13.3 Å². The number of carbonyl (C=O) groups is 1. The predicted molar refractivity (Wildman–Crippen MR) is 131 cm³/mol. The summed E-state index contributed by atoms with van der Waals surface area (Å²) in [5, 5.41) is 10.7. The molecule has 1 amide bonds. The molecule has 31 heavy (non-hydrogen) atoms. The Morgan fingerprint density at radius 3 is 2.65 bits per heavy atom. The zero-order valence-corrected chi connectivity index (χ0v) is 18.6. The number of hydrogen-bond acceptors (Lipinski definition) is 5. The minimum atomic E-state index is -0.331. The van der Waals surface area contributed by atoms with Crippen LogP contribution in [0.4, 0.5) is 5.13 Å². The molecule has 4 aromatic rings. The van der Waals surface area contributed by atoms with Gasteiger partial charge in [0, 0.05) is 10.9 Å². The van der Waals surface area contributed by atoms with E-state index >= 15 is 0 Å². The predicted octanol–water partition coefficient (Wildman–Crippen LogP) is 5.42. The molecule has 0 unspecified atom stereocenters. The van der Waals surface area contributed by atoms with Gasteiger partial charge in [0.05, 0.1) is 5.69 Å². The first-order chi connectivity index (χ1) is 15.1. The lowest BCUT2D eigenvalue weighted by Gasteiger charge is -2.09. The van der Waals surface area contributed by atoms with Gasteiger partial charge in [-0.25, -0.2) is 4.98 Å². The summed E-state index contributed by atoms with van der Waals surface area (Å²) in [6.45, 7) is 1.97. The average molecular weight is 448 g/mol. The van der Waals surface area contributed by atoms with Gasteiger partial charge in [0.1, 0.15) is 5.75 Å². The normalized spacial score (nSPS) is 10.6. The zero-order valence-electron chi connectivity index (χ0n) is 16.9. The maximum Gasteiger partial charge on any atom is 0.264 e. The van der Waals surface area contributed by atoms with Crippen molar-refractivity contribution in [3.63, 3.8) is 0 Å². The molecule has 0 aliphatic carbocycles. The van der Waals surface area contributed by atoms with Gasteiger partial charge in [-0.15, -0.1) is 11.3 Å². The largest absolute Gasteiger partial charge is 0.484 e. The topological polar surface area (TPSA) is 63.2 Å². The van der Waals surface area contributed by atoms with Crippen molar-refractivity contribution >= 4 is 50.5 Å². The standard InChI is InChI=1S/C24H21N3O2S2/c1-2-16-10-12-18(13-11-16)29-14-22(28)26-23(30)27-24-25-21(15-31-24)20-9-5-7-17-6-3-4-8-19(17)20/h3-13,15H,2,14H2,1H3,(H2,25,26,27,28,30). The lowest BCUT2D eigenvalue weighted by molar-refractivity contribution is -0.121. The third-order valence-corrected chi connectivity index (χ3v) is 5.71. The van der Waals surface area contributed by atoms with E-state index in [1.54, 1.807) is 0 Å². The fourth-order valence-electron chi connectivity index (χ4n) is 3.16. The molecule has 2 N–H and O–H groups in total. The maximum atomic E-state index is 12.1. The molecule has 1 heterocycles. The Morgan fingerprint density at radius 2 is 1.84 bits per heavy atom. The number of nitrogens with zero attached hydrogens (tertiary/aromatic N) is 1. The Hall–Kier alpha value is -3.29. The third kappa shape index (κ3) is 5.25. The molecule has 1 aromatic heterocycles. The zero-order chi connectivity index (χ0) is 21.6. The molecular weight excluding hydrogens is 426 g/mol. The van der Waals surface area contributed by atoms with Crippen LogP contribution in [0.2, 0.25) is 0 Å². The Labute approximate surface area is 190 Å². The number of fused-ring (bicyclic) bond motifs is 1. The summed E-state index contributed by atoms with van der Waals surface area (Å²) in [4.78, 5) is 16.8. The van der Waals surface area contributed by atoms with Gasteiger partial charge in [-0.05, 0) is 47.1 Å². The van der Waals surface area contributed by atoms with Crippen LogP contribution in [0.15, 0.2) is 72.1 Å². The second-order valence-corrected chi connectivity index (χ2v) is 8.12. The summed E-state index contributed by atoms with van der Waals surface area (Å²) < 4.78 is 5.51. The number of anilines is 1. The number of thiazole rings is 1. The first kappa shape index (κ1) is 21.0. The molecule has 4 rings (SSSR count). The molecule has 156 valence electrons. The average Bonchev–Trinajstić information content (AvgIpc) is 3.25. The number of carbonyl (C=O) groups excluding carboxylic acids is 1. The van der Waals surface area contributed by atoms with E-state index in [1.807, 2.05) is 53.9 Å². The molecular formula is C24H21N3O2S2. The molecule has 0 aliphatic rings. The van der Waals surface area contributed by atoms with Gasteiger partial charge in [0.15, 0.2) is 16.9 Å². The first-order valence-corrected chi connectivity index (χ1v) is 11.2. The number of aromatic nitrogens is 1. The molecule has 0 bridgehead atoms. The van der Waals surface area contributed by atoms with E-state index in [9.17, 15) is 4.79 Å². The van der Waals surface area contributed by atoms with E-state index < -0.39 is 0 Å². The van der Waals surface area contributed by atoms with Crippen LogP contribution in [0.5, 0.6) is 5.75 Å². The van der Waals surface area contributed by atoms with Gasteiger partial charge >= 0.3 is 0 Å². The number of ether oxygens (including phenoxy) is 1. The van der Waals surface area contributed by atoms with Crippen molar-refractivity contribution in [2.24, 2.45) is 0 Å². The van der Waals surface area contributed by atoms with Crippen molar-refractivity contribution in [3.8, 4) is 17.0 Å². The van der Waals surface area contributed by atoms with Crippen molar-refractivity contribution < 1.29 is 9.53 Å². The fraction of sp³-hybridized carbons (Fsp3) is 0.125. The number of benzene rings is 3. The van der Waals surface area contributed by atoms with Crippen LogP contribution < -0.4 is 15.4 Å². The highest BCUT2D eigenvalue weighted by molar-refractivity contribution is 7.80. The maximum absolute atomic E-state index is 12.1. The SMILES string of the molecule is CCc1ccc(OCC(=O)NC(=S)Nc2nc(-c3cccc4ccccc34)cs2)cc1. The summed E-state index contributed by atoms with van der Waals surface area (Å²) >= 11 is 6.68. The summed E-state index contributed by atoms with van der Waals surface area (Å²) in [7, 11) is 0. The van der Waals surface area contributed by atoms with Crippen LogP contribution >= 0.6 is 23.6 Å². The van der Waals surface area contributed by atoms with Gasteiger partial charge in [0.2, 0.25) is 0 Å². The number of hydrogen-bond donors (Lipinski definition) is 2. The Balaban J connectivity index is 1.34. The summed E-state index contributed by atoms with van der Waals surface area (Å²) in [5.74, 6) is 0.314. The van der Waals surface area contributed by atoms with Crippen LogP contribution in [-0.4, -0.2) is 22.6 Å². The highest BCUT2D eigenvalue weighted by Crippen LogP contribution is 2.30. The molecule has 3 aromatic carbocycles. The van der Waals surface area contributed by atoms with Crippen molar-refractivity contribution in [2.75, 3.05) is 11.9 Å². The smallest absolute Gasteiger partial charge is 0.264 e. The van der Waals surface area contributed by atoms with Crippen LogP contribution in [0.1, 0.15) is 12.5 Å². The van der Waals surface area contributed by atoms with Crippen LogP contribution in [0.3, 0.4) is 0 Å². The lowest BCUT2D eigenvalue weighted by Crippen LogP contribution is -2.37. The molecule has 0 saturated carbocycles. The molecule has 0 saturated heterocycles. The molecule has 5 nitrogen and oxygen atoms in total. The van der Waals surface area contributed by atoms with Crippen LogP contribution in [0.25, 0.3) is 22.0 Å². The second-order valence-electron chi connectivity index (χ2n) is 6.85. The van der Waals surface area contributed by atoms with E-state index in [0.717, 1.165) is 28.5 Å². The van der Waals surface area contributed by atoms with Crippen LogP contribution in [-0.2, 0) is 11.2 Å². The van der Waals surface area contributed by atoms with E-state index in [-0.39, 0.29) is 17.6 Å². The van der Waals surface area contributed by atoms with E-state index in [2.05, 4.69) is 40.7 Å². The highest BCUT2D eigenvalue weighted by atomic mass is 32.1. The number of rotatable bonds is 6. The number of thiocarbonyl (C=S) groups is 1. The Bertz CT molecular complexity index is 1210. The molecule has 7 heteroatoms. The van der Waals surface area contributed by atoms with Crippen LogP contribution in [0, 0.1) is 0 Å². The fourth-order valence-corrected chi connectivity index (χ4v) is 4.16. The summed E-state index contributed by atoms with van der Waals surface area (Å²) in [5.41, 5.74) is 3.13. The van der Waals surface area contributed by atoms with Gasteiger partial charge in [0.25, 0.3) is 5.91 Å². The first-order valence-electron chi connectivity index (χ1n) is 9.88. The summed E-state index contributed by atoms with van der Waals surface area (Å²) in [6, 6.07) is 22.0. The number of aryl methyl sites for hydroxylation is 1. The molecule has 0 spiro atoms. The van der Waals surface area contributed by atoms with Crippen molar-refractivity contribution in [1.29, 1.82) is 0 Å². The van der Waals surface area contributed by atoms with Gasteiger partial charge in [-0.3, -0.25) is 10.1 Å². The van der Waals surface area contributed by atoms with Gasteiger partial charge in [-0.2, -0.15) is 0 Å². The molecule has 0 atom stereocenters. The second kappa shape index (κ2) is 9.68. The molecule has 0 radical (unpaired) electrons. The number of nitrogens with one attached hydrogen (secondary N) is 2. The Kier molecular flexibility index (Phi) is 6.54. The van der Waals surface area contributed by atoms with E-state index in [4.69, 9.17) is 17.0 Å². The highest BCUT2D eigenvalue weighted by Gasteiger charge is 2.11. The molecule has 0 fully saturated rings. The van der Waals surface area contributed by atoms with Crippen molar-refractivity contribution in [3.05, 3.63) is 77.7 Å². The summed E-state index contributed by atoms with van der Waals surface area (Å²) in [6.07, 6.45) is 0.958. The monoisotopic (exact) mass is 447 g/mol. The minimum Gasteiger partial charge on any atom is -0.484 e. The van der Waals surface area contributed by atoms with E-state index in [0.29, 0.717) is 10.9 Å². The Morgan fingerprint density at radius 1 is 1.06 bits per heavy atom. The quantitative estimate of drug-likeness (QED) is 0.387. The van der Waals surface area contributed by atoms with Gasteiger partial charge < -0.3 is 10.1 Å². The third-order valence-electron chi connectivity index (χ3n) is 4.74. The van der Waals surface area contributed by atoms with Gasteiger partial charge in [-0.1, -0.05) is 61.5 Å². The molecule has 0 aliphatic heterocycles.